The highest BCUT2D eigenvalue weighted by Gasteiger charge is 2.23. The number of aliphatic imine (C=N–C) groups is 1. The number of aromatic nitrogens is 3. The van der Waals surface area contributed by atoms with Crippen LogP contribution in [0.3, 0.4) is 0 Å². The van der Waals surface area contributed by atoms with E-state index in [1.54, 1.807) is 0 Å². The van der Waals surface area contributed by atoms with Crippen LogP contribution in [0.15, 0.2) is 157 Å². The fourth-order valence-corrected chi connectivity index (χ4v) is 8.88. The molecule has 228 valence electrons. The Morgan fingerprint density at radius 2 is 1.19 bits per heavy atom. The molecule has 0 saturated heterocycles. The van der Waals surface area contributed by atoms with E-state index in [4.69, 9.17) is 9.97 Å². The fourth-order valence-electron chi connectivity index (χ4n) is 6.39. The SMILES string of the molecule is C=Nc1c(/C=C\C)c(P(c2ccccc2)c2ccccc2)cc2ccc(-c3cccc(-c4ccc5ccc6cccnc6c5n4)c3)nc12. The van der Waals surface area contributed by atoms with Gasteiger partial charge in [0.2, 0.25) is 0 Å². The van der Waals surface area contributed by atoms with Crippen LogP contribution in [0.1, 0.15) is 12.5 Å². The summed E-state index contributed by atoms with van der Waals surface area (Å²) in [5.41, 5.74) is 8.30. The van der Waals surface area contributed by atoms with Gasteiger partial charge in [-0.25, -0.2) is 9.97 Å². The molecule has 8 rings (SSSR count). The van der Waals surface area contributed by atoms with Crippen molar-refractivity contribution in [1.29, 1.82) is 0 Å². The summed E-state index contributed by atoms with van der Waals surface area (Å²) in [6.45, 7) is 6.09. The number of fused-ring (bicyclic) bond motifs is 4. The normalized spacial score (nSPS) is 11.6. The van der Waals surface area contributed by atoms with Gasteiger partial charge in [0.1, 0.15) is 0 Å². The molecule has 0 N–H and O–H groups in total. The molecule has 0 aliphatic carbocycles. The molecule has 0 spiro atoms. The lowest BCUT2D eigenvalue weighted by Crippen LogP contribution is -2.22. The first-order valence-corrected chi connectivity index (χ1v) is 17.3. The third-order valence-corrected chi connectivity index (χ3v) is 11.1. The number of rotatable bonds is 7. The van der Waals surface area contributed by atoms with Crippen molar-refractivity contribution in [3.63, 3.8) is 0 Å². The average Bonchev–Trinajstić information content (AvgIpc) is 3.15. The molecule has 0 radical (unpaired) electrons. The molecule has 0 unspecified atom stereocenters. The van der Waals surface area contributed by atoms with Gasteiger partial charge in [-0.2, -0.15) is 0 Å². The van der Waals surface area contributed by atoms with Crippen molar-refractivity contribution in [2.45, 2.75) is 6.92 Å². The second-order valence-corrected chi connectivity index (χ2v) is 13.8. The van der Waals surface area contributed by atoms with Crippen molar-refractivity contribution in [2.75, 3.05) is 0 Å². The van der Waals surface area contributed by atoms with E-state index in [2.05, 4.69) is 162 Å². The van der Waals surface area contributed by atoms with E-state index >= 15 is 0 Å². The first kappa shape index (κ1) is 29.6. The first-order chi connectivity index (χ1) is 23.7. The first-order valence-electron chi connectivity index (χ1n) is 15.9. The standard InChI is InChI=1S/C43H31N4P/c1-3-12-36-39(48(34-16-6-4-7-17-34)35-18-8-5-9-19-35)28-33-23-25-38(47-42(33)43(36)44-2)32-14-10-13-31(27-32)37-24-22-30-21-20-29-15-11-26-45-40(29)41(30)46-37/h3-28H,2H2,1H3/b12-3-. The maximum atomic E-state index is 5.24. The van der Waals surface area contributed by atoms with Crippen molar-refractivity contribution >= 4 is 75.0 Å². The molecule has 0 atom stereocenters. The minimum atomic E-state index is -0.858. The Morgan fingerprint density at radius 1 is 0.583 bits per heavy atom. The molecule has 0 aliphatic heterocycles. The molecular weight excluding hydrogens is 603 g/mol. The summed E-state index contributed by atoms with van der Waals surface area (Å²) in [7, 11) is -0.858. The summed E-state index contributed by atoms with van der Waals surface area (Å²) in [4.78, 5) is 19.6. The Morgan fingerprint density at radius 3 is 1.83 bits per heavy atom. The van der Waals surface area contributed by atoms with Crippen molar-refractivity contribution < 1.29 is 0 Å². The van der Waals surface area contributed by atoms with Gasteiger partial charge in [-0.05, 0) is 67.8 Å². The number of hydrogen-bond acceptors (Lipinski definition) is 4. The molecule has 0 saturated carbocycles. The summed E-state index contributed by atoms with van der Waals surface area (Å²) >= 11 is 0. The largest absolute Gasteiger partial charge is 0.262 e. The molecule has 5 heteroatoms. The fraction of sp³-hybridized carbons (Fsp3) is 0.0233. The molecule has 0 aliphatic rings. The topological polar surface area (TPSA) is 51.0 Å². The summed E-state index contributed by atoms with van der Waals surface area (Å²) < 4.78 is 0. The molecular formula is C43H31N4P. The zero-order chi connectivity index (χ0) is 32.5. The molecule has 48 heavy (non-hydrogen) atoms. The van der Waals surface area contributed by atoms with Gasteiger partial charge < -0.3 is 0 Å². The summed E-state index contributed by atoms with van der Waals surface area (Å²) in [6.07, 6.45) is 6.05. The number of hydrogen-bond donors (Lipinski definition) is 0. The van der Waals surface area contributed by atoms with E-state index in [1.165, 1.54) is 15.9 Å². The van der Waals surface area contributed by atoms with Crippen LogP contribution in [-0.4, -0.2) is 21.7 Å². The van der Waals surface area contributed by atoms with E-state index < -0.39 is 7.92 Å². The van der Waals surface area contributed by atoms with Gasteiger partial charge in [-0.1, -0.05) is 121 Å². The van der Waals surface area contributed by atoms with Crippen LogP contribution >= 0.6 is 7.92 Å². The summed E-state index contributed by atoms with van der Waals surface area (Å²) in [5.74, 6) is 0. The Balaban J connectivity index is 1.26. The van der Waals surface area contributed by atoms with Gasteiger partial charge >= 0.3 is 0 Å². The Labute approximate surface area is 281 Å². The molecule has 0 bridgehead atoms. The summed E-state index contributed by atoms with van der Waals surface area (Å²) in [5, 5.41) is 6.99. The van der Waals surface area contributed by atoms with Gasteiger partial charge in [-0.15, -0.1) is 0 Å². The maximum absolute atomic E-state index is 5.24. The molecule has 8 aromatic rings. The molecule has 4 nitrogen and oxygen atoms in total. The molecule has 0 amide bonds. The highest BCUT2D eigenvalue weighted by atomic mass is 31.1. The lowest BCUT2D eigenvalue weighted by atomic mass is 10.0. The van der Waals surface area contributed by atoms with E-state index in [0.717, 1.165) is 66.5 Å². The van der Waals surface area contributed by atoms with Gasteiger partial charge in [0, 0.05) is 39.0 Å². The van der Waals surface area contributed by atoms with Gasteiger partial charge in [-0.3, -0.25) is 9.98 Å². The third-order valence-electron chi connectivity index (χ3n) is 8.62. The van der Waals surface area contributed by atoms with Crippen LogP contribution in [0.25, 0.3) is 61.3 Å². The van der Waals surface area contributed by atoms with E-state index in [-0.39, 0.29) is 0 Å². The molecule has 0 fully saturated rings. The quantitative estimate of drug-likeness (QED) is 0.0997. The van der Waals surface area contributed by atoms with Gasteiger partial charge in [0.25, 0.3) is 0 Å². The minimum Gasteiger partial charge on any atom is -0.262 e. The third kappa shape index (κ3) is 5.37. The van der Waals surface area contributed by atoms with Crippen LogP contribution in [0, 0.1) is 0 Å². The van der Waals surface area contributed by atoms with Crippen molar-refractivity contribution in [1.82, 2.24) is 15.0 Å². The predicted molar refractivity (Wildman–Crippen MR) is 206 cm³/mol. The molecule has 5 aromatic carbocycles. The van der Waals surface area contributed by atoms with E-state index in [9.17, 15) is 0 Å². The molecule has 3 heterocycles. The van der Waals surface area contributed by atoms with Crippen LogP contribution in [0.4, 0.5) is 5.69 Å². The zero-order valence-electron chi connectivity index (χ0n) is 26.5. The Bertz CT molecular complexity index is 2450. The number of allylic oxidation sites excluding steroid dienone is 1. The zero-order valence-corrected chi connectivity index (χ0v) is 27.3. The van der Waals surface area contributed by atoms with E-state index in [1.807, 2.05) is 19.2 Å². The second-order valence-electron chi connectivity index (χ2n) is 11.6. The lowest BCUT2D eigenvalue weighted by molar-refractivity contribution is 1.36. The lowest BCUT2D eigenvalue weighted by Gasteiger charge is -2.23. The maximum Gasteiger partial charge on any atom is 0.0972 e. The van der Waals surface area contributed by atoms with E-state index in [0.29, 0.717) is 0 Å². The van der Waals surface area contributed by atoms with Crippen LogP contribution in [0.2, 0.25) is 0 Å². The minimum absolute atomic E-state index is 0.800. The monoisotopic (exact) mass is 634 g/mol. The van der Waals surface area contributed by atoms with Crippen LogP contribution in [0.5, 0.6) is 0 Å². The number of nitrogens with zero attached hydrogens (tertiary/aromatic N) is 4. The van der Waals surface area contributed by atoms with Crippen LogP contribution in [-0.2, 0) is 0 Å². The number of pyridine rings is 3. The van der Waals surface area contributed by atoms with Gasteiger partial charge in [0.05, 0.1) is 33.6 Å². The second kappa shape index (κ2) is 12.8. The summed E-state index contributed by atoms with van der Waals surface area (Å²) in [6, 6.07) is 48.9. The van der Waals surface area contributed by atoms with Crippen molar-refractivity contribution in [3.8, 4) is 22.5 Å². The van der Waals surface area contributed by atoms with Crippen molar-refractivity contribution in [2.24, 2.45) is 4.99 Å². The Hall–Kier alpha value is -5.83. The smallest absolute Gasteiger partial charge is 0.0972 e. The Kier molecular flexibility index (Phi) is 7.86. The predicted octanol–water partition coefficient (Wildman–Crippen LogP) is 9.79. The van der Waals surface area contributed by atoms with Gasteiger partial charge in [0.15, 0.2) is 0 Å². The highest BCUT2D eigenvalue weighted by molar-refractivity contribution is 7.80. The highest BCUT2D eigenvalue weighted by Crippen LogP contribution is 2.41. The molecule has 3 aromatic heterocycles. The number of benzene rings is 5. The van der Waals surface area contributed by atoms with Crippen molar-refractivity contribution in [3.05, 3.63) is 157 Å². The average molecular weight is 635 g/mol. The van der Waals surface area contributed by atoms with Crippen LogP contribution < -0.4 is 15.9 Å².